The predicted octanol–water partition coefficient (Wildman–Crippen LogP) is 6.73. The summed E-state index contributed by atoms with van der Waals surface area (Å²) in [6, 6.07) is 16.5. The lowest BCUT2D eigenvalue weighted by molar-refractivity contribution is -0.138. The number of nitrogens with one attached hydrogen (secondary N) is 2. The standard InChI is InChI=1S/C16H13F3N2O3.C16H12F3NO4/c1-24-13-5-3-2-4-11(13)15(23)21-12-8-9(16(17,18)19)6-7-10(12)14(20)22;1-24-13-5-3-2-4-11(13)14(21)20-12-8-9(16(17,18)19)6-7-10(12)15(22)23/h2-8H,1H3,(H2,20,22)(H,21,23);2-8H,1H3,(H,20,21)(H,22,23). The highest BCUT2D eigenvalue weighted by Crippen LogP contribution is 2.34. The number of aromatic carboxylic acids is 1. The van der Waals surface area contributed by atoms with Crippen molar-refractivity contribution >= 4 is 35.1 Å². The first kappa shape index (κ1) is 36.4. The zero-order chi connectivity index (χ0) is 35.8. The van der Waals surface area contributed by atoms with Crippen molar-refractivity contribution in [1.82, 2.24) is 0 Å². The molecule has 0 saturated heterocycles. The van der Waals surface area contributed by atoms with Gasteiger partial charge in [0.15, 0.2) is 0 Å². The molecule has 0 bridgehead atoms. The molecule has 0 aliphatic heterocycles. The molecule has 0 unspecified atom stereocenters. The van der Waals surface area contributed by atoms with Crippen LogP contribution >= 0.6 is 0 Å². The smallest absolute Gasteiger partial charge is 0.416 e. The maximum absolute atomic E-state index is 12.8. The molecule has 0 saturated carbocycles. The number of hydrogen-bond acceptors (Lipinski definition) is 6. The van der Waals surface area contributed by atoms with Crippen LogP contribution in [0.25, 0.3) is 0 Å². The van der Waals surface area contributed by atoms with Crippen LogP contribution in [0.2, 0.25) is 0 Å². The molecule has 0 aromatic heterocycles. The average Bonchev–Trinajstić information content (AvgIpc) is 3.03. The second kappa shape index (κ2) is 15.0. The highest BCUT2D eigenvalue weighted by Gasteiger charge is 2.33. The van der Waals surface area contributed by atoms with Crippen LogP contribution in [0.15, 0.2) is 84.9 Å². The lowest BCUT2D eigenvalue weighted by Gasteiger charge is -2.14. The van der Waals surface area contributed by atoms with E-state index in [1.807, 2.05) is 0 Å². The Morgan fingerprint density at radius 1 is 0.604 bits per heavy atom. The minimum absolute atomic E-state index is 0.0637. The molecule has 5 N–H and O–H groups in total. The maximum atomic E-state index is 12.8. The number of anilines is 2. The minimum atomic E-state index is -4.67. The van der Waals surface area contributed by atoms with Crippen molar-refractivity contribution in [2.45, 2.75) is 12.4 Å². The van der Waals surface area contributed by atoms with Crippen molar-refractivity contribution in [1.29, 1.82) is 0 Å². The van der Waals surface area contributed by atoms with Crippen LogP contribution in [0.4, 0.5) is 37.7 Å². The Hall–Kier alpha value is -6.06. The predicted molar refractivity (Wildman–Crippen MR) is 160 cm³/mol. The molecule has 16 heteroatoms. The van der Waals surface area contributed by atoms with Crippen molar-refractivity contribution in [2.24, 2.45) is 5.73 Å². The zero-order valence-corrected chi connectivity index (χ0v) is 24.8. The second-order valence-corrected chi connectivity index (χ2v) is 9.49. The molecule has 3 amide bonds. The molecule has 0 radical (unpaired) electrons. The number of methoxy groups -OCH3 is 2. The Morgan fingerprint density at radius 2 is 0.979 bits per heavy atom. The van der Waals surface area contributed by atoms with Gasteiger partial charge >= 0.3 is 18.3 Å². The van der Waals surface area contributed by atoms with Gasteiger partial charge in [-0.15, -0.1) is 0 Å². The van der Waals surface area contributed by atoms with E-state index >= 15 is 0 Å². The number of halogens is 6. The Kier molecular flexibility index (Phi) is 11.4. The lowest BCUT2D eigenvalue weighted by Crippen LogP contribution is -2.20. The number of hydrogen-bond donors (Lipinski definition) is 4. The largest absolute Gasteiger partial charge is 0.496 e. The Balaban J connectivity index is 0.000000260. The number of nitrogens with two attached hydrogens (primary N) is 1. The number of carboxylic acid groups (broad SMARTS) is 1. The van der Waals surface area contributed by atoms with E-state index in [0.717, 1.165) is 18.2 Å². The third-order valence-corrected chi connectivity index (χ3v) is 6.39. The molecule has 10 nitrogen and oxygen atoms in total. The minimum Gasteiger partial charge on any atom is -0.496 e. The Morgan fingerprint density at radius 3 is 1.33 bits per heavy atom. The Bertz CT molecular complexity index is 1710. The summed E-state index contributed by atoms with van der Waals surface area (Å²) in [7, 11) is 2.68. The molecule has 4 aromatic rings. The number of alkyl halides is 6. The average molecular weight is 678 g/mol. The molecule has 0 fully saturated rings. The summed E-state index contributed by atoms with van der Waals surface area (Å²) < 4.78 is 86.9. The first-order chi connectivity index (χ1) is 22.5. The van der Waals surface area contributed by atoms with Gasteiger partial charge in [0.05, 0.1) is 59.0 Å². The van der Waals surface area contributed by atoms with Gasteiger partial charge in [-0.3, -0.25) is 14.4 Å². The summed E-state index contributed by atoms with van der Waals surface area (Å²) in [5, 5.41) is 13.6. The number of carboxylic acids is 1. The summed E-state index contributed by atoms with van der Waals surface area (Å²) in [6.07, 6.45) is -9.29. The third-order valence-electron chi connectivity index (χ3n) is 6.39. The number of rotatable bonds is 8. The van der Waals surface area contributed by atoms with E-state index in [9.17, 15) is 45.5 Å². The number of benzene rings is 4. The fourth-order valence-corrected chi connectivity index (χ4v) is 4.09. The van der Waals surface area contributed by atoms with Gasteiger partial charge in [0.2, 0.25) is 0 Å². The molecule has 0 aliphatic carbocycles. The lowest BCUT2D eigenvalue weighted by atomic mass is 10.1. The summed E-state index contributed by atoms with van der Waals surface area (Å²) in [6.45, 7) is 0. The Labute approximate surface area is 268 Å². The van der Waals surface area contributed by atoms with Crippen LogP contribution < -0.4 is 25.8 Å². The van der Waals surface area contributed by atoms with Crippen LogP contribution in [0.1, 0.15) is 52.6 Å². The van der Waals surface area contributed by atoms with Crippen molar-refractivity contribution in [3.63, 3.8) is 0 Å². The number of carbonyl (C=O) groups excluding carboxylic acids is 3. The van der Waals surface area contributed by atoms with Gasteiger partial charge in [-0.25, -0.2) is 4.79 Å². The van der Waals surface area contributed by atoms with Gasteiger partial charge in [-0.05, 0) is 60.7 Å². The number of ether oxygens (including phenoxy) is 2. The summed E-state index contributed by atoms with van der Waals surface area (Å²) >= 11 is 0. The summed E-state index contributed by atoms with van der Waals surface area (Å²) in [5.41, 5.74) is 1.78. The first-order valence-corrected chi connectivity index (χ1v) is 13.3. The van der Waals surface area contributed by atoms with Crippen LogP contribution in [-0.4, -0.2) is 43.0 Å². The topological polar surface area (TPSA) is 157 Å². The second-order valence-electron chi connectivity index (χ2n) is 9.49. The zero-order valence-electron chi connectivity index (χ0n) is 24.8. The van der Waals surface area contributed by atoms with Gasteiger partial charge in [-0.2, -0.15) is 26.3 Å². The van der Waals surface area contributed by atoms with Crippen molar-refractivity contribution in [3.8, 4) is 11.5 Å². The number of amides is 3. The van der Waals surface area contributed by atoms with Gasteiger partial charge in [-0.1, -0.05) is 24.3 Å². The van der Waals surface area contributed by atoms with Crippen molar-refractivity contribution in [3.05, 3.63) is 118 Å². The van der Waals surface area contributed by atoms with E-state index in [2.05, 4.69) is 10.6 Å². The van der Waals surface area contributed by atoms with E-state index in [4.69, 9.17) is 20.3 Å². The van der Waals surface area contributed by atoms with Crippen molar-refractivity contribution in [2.75, 3.05) is 24.9 Å². The molecule has 48 heavy (non-hydrogen) atoms. The van der Waals surface area contributed by atoms with Crippen LogP contribution in [0.3, 0.4) is 0 Å². The van der Waals surface area contributed by atoms with E-state index in [0.29, 0.717) is 18.2 Å². The van der Waals surface area contributed by atoms with E-state index < -0.39 is 58.4 Å². The molecular formula is C32H25F6N3O7. The highest BCUT2D eigenvalue weighted by atomic mass is 19.4. The van der Waals surface area contributed by atoms with Gasteiger partial charge in [0, 0.05) is 0 Å². The normalized spacial score (nSPS) is 11.0. The monoisotopic (exact) mass is 677 g/mol. The molecule has 0 atom stereocenters. The maximum Gasteiger partial charge on any atom is 0.416 e. The highest BCUT2D eigenvalue weighted by molar-refractivity contribution is 6.10. The molecule has 4 rings (SSSR count). The molecule has 4 aromatic carbocycles. The fourth-order valence-electron chi connectivity index (χ4n) is 4.09. The van der Waals surface area contributed by atoms with Crippen LogP contribution in [-0.2, 0) is 12.4 Å². The molecular weight excluding hydrogens is 652 g/mol. The first-order valence-electron chi connectivity index (χ1n) is 13.3. The van der Waals surface area contributed by atoms with Crippen LogP contribution in [0.5, 0.6) is 11.5 Å². The van der Waals surface area contributed by atoms with Crippen molar-refractivity contribution < 1.29 is 60.1 Å². The fraction of sp³-hybridized carbons (Fsp3) is 0.125. The SMILES string of the molecule is COc1ccccc1C(=O)Nc1cc(C(F)(F)F)ccc1C(=O)O.COc1ccccc1C(=O)Nc1cc(C(F)(F)F)ccc1C(N)=O. The third kappa shape index (κ3) is 9.02. The molecule has 0 spiro atoms. The molecule has 0 aliphatic rings. The van der Waals surface area contributed by atoms with Gasteiger partial charge < -0.3 is 30.9 Å². The van der Waals surface area contributed by atoms with Gasteiger partial charge in [0.25, 0.3) is 17.7 Å². The van der Waals surface area contributed by atoms with Gasteiger partial charge in [0.1, 0.15) is 11.5 Å². The quantitative estimate of drug-likeness (QED) is 0.151. The summed E-state index contributed by atoms with van der Waals surface area (Å²) in [5.74, 6) is -3.48. The van der Waals surface area contributed by atoms with E-state index in [1.165, 1.54) is 38.5 Å². The number of carbonyl (C=O) groups is 4. The number of primary amides is 1. The number of para-hydroxylation sites is 2. The van der Waals surface area contributed by atoms with E-state index in [-0.39, 0.29) is 33.9 Å². The molecule has 252 valence electrons. The molecule has 0 heterocycles. The summed E-state index contributed by atoms with van der Waals surface area (Å²) in [4.78, 5) is 47.1. The van der Waals surface area contributed by atoms with Crippen LogP contribution in [0, 0.1) is 0 Å². The van der Waals surface area contributed by atoms with E-state index in [1.54, 1.807) is 24.3 Å².